The van der Waals surface area contributed by atoms with Crippen molar-refractivity contribution in [2.24, 2.45) is 5.73 Å². The van der Waals surface area contributed by atoms with Crippen molar-refractivity contribution in [2.75, 3.05) is 26.2 Å². The lowest BCUT2D eigenvalue weighted by atomic mass is 10.1. The molecule has 2 aromatic carbocycles. The van der Waals surface area contributed by atoms with Crippen LogP contribution in [0.2, 0.25) is 0 Å². The first kappa shape index (κ1) is 22.5. The van der Waals surface area contributed by atoms with Gasteiger partial charge >= 0.3 is 0 Å². The molecule has 1 aliphatic heterocycles. The molecule has 1 aromatic heterocycles. The van der Waals surface area contributed by atoms with Gasteiger partial charge in [0.15, 0.2) is 0 Å². The van der Waals surface area contributed by atoms with Crippen molar-refractivity contribution in [1.29, 1.82) is 0 Å². The average Bonchev–Trinajstić information content (AvgIpc) is 3.28. The van der Waals surface area contributed by atoms with Crippen LogP contribution < -0.4 is 10.5 Å². The van der Waals surface area contributed by atoms with E-state index in [0.717, 1.165) is 15.3 Å². The topological polar surface area (TPSA) is 92.9 Å². The lowest BCUT2D eigenvalue weighted by molar-refractivity contribution is 0.0538. The van der Waals surface area contributed by atoms with Gasteiger partial charge in [0.25, 0.3) is 17.7 Å². The fourth-order valence-electron chi connectivity index (χ4n) is 3.75. The Labute approximate surface area is 196 Å². The summed E-state index contributed by atoms with van der Waals surface area (Å²) in [6.07, 6.45) is 0. The highest BCUT2D eigenvalue weighted by Crippen LogP contribution is 2.21. The number of carbonyl (C=O) groups is 3. The smallest absolute Gasteiger partial charge is 0.264 e. The molecule has 1 saturated heterocycles. The number of hydrogen-bond acceptors (Lipinski definition) is 5. The Morgan fingerprint density at radius 3 is 2.27 bits per heavy atom. The Bertz CT molecular complexity index is 1180. The summed E-state index contributed by atoms with van der Waals surface area (Å²) in [6, 6.07) is 17.8. The Balaban J connectivity index is 1.36. The summed E-state index contributed by atoms with van der Waals surface area (Å²) >= 11 is 1.49. The third-order valence-electron chi connectivity index (χ3n) is 5.53. The highest BCUT2D eigenvalue weighted by Gasteiger charge is 2.26. The van der Waals surface area contributed by atoms with Crippen LogP contribution in [-0.4, -0.2) is 53.7 Å². The van der Waals surface area contributed by atoms with E-state index < -0.39 is 5.91 Å². The van der Waals surface area contributed by atoms with E-state index in [9.17, 15) is 14.4 Å². The number of benzene rings is 2. The molecular weight excluding hydrogens is 438 g/mol. The number of nitrogens with two attached hydrogens (primary N) is 1. The normalized spacial score (nSPS) is 13.6. The zero-order chi connectivity index (χ0) is 23.4. The number of primary amides is 1. The van der Waals surface area contributed by atoms with Crippen molar-refractivity contribution in [2.45, 2.75) is 13.5 Å². The summed E-state index contributed by atoms with van der Waals surface area (Å²) in [5.41, 5.74) is 7.08. The summed E-state index contributed by atoms with van der Waals surface area (Å²) in [7, 11) is 0. The van der Waals surface area contributed by atoms with Gasteiger partial charge in [-0.1, -0.05) is 24.3 Å². The Morgan fingerprint density at radius 1 is 0.909 bits per heavy atom. The molecule has 8 heteroatoms. The van der Waals surface area contributed by atoms with Gasteiger partial charge in [-0.3, -0.25) is 14.4 Å². The van der Waals surface area contributed by atoms with Crippen LogP contribution in [0.15, 0.2) is 60.7 Å². The number of rotatable bonds is 6. The molecule has 4 rings (SSSR count). The van der Waals surface area contributed by atoms with E-state index >= 15 is 0 Å². The van der Waals surface area contributed by atoms with Gasteiger partial charge in [-0.15, -0.1) is 11.3 Å². The zero-order valence-corrected chi connectivity index (χ0v) is 19.1. The minimum atomic E-state index is -0.554. The van der Waals surface area contributed by atoms with Crippen molar-refractivity contribution in [3.8, 4) is 5.75 Å². The van der Waals surface area contributed by atoms with Gasteiger partial charge in [-0.05, 0) is 48.9 Å². The molecule has 0 saturated carbocycles. The average molecular weight is 464 g/mol. The maximum atomic E-state index is 13.0. The fourth-order valence-corrected chi connectivity index (χ4v) is 4.59. The van der Waals surface area contributed by atoms with Gasteiger partial charge in [0.05, 0.1) is 10.4 Å². The Morgan fingerprint density at radius 2 is 1.61 bits per heavy atom. The first-order chi connectivity index (χ1) is 15.9. The van der Waals surface area contributed by atoms with E-state index in [-0.39, 0.29) is 18.4 Å². The minimum Gasteiger partial charge on any atom is -0.488 e. The lowest BCUT2D eigenvalue weighted by Crippen LogP contribution is -2.50. The van der Waals surface area contributed by atoms with E-state index in [1.54, 1.807) is 46.2 Å². The van der Waals surface area contributed by atoms with Crippen LogP contribution in [0, 0.1) is 6.92 Å². The molecule has 0 spiro atoms. The second kappa shape index (κ2) is 9.87. The Kier molecular flexibility index (Phi) is 6.74. The molecule has 7 nitrogen and oxygen atoms in total. The van der Waals surface area contributed by atoms with Crippen molar-refractivity contribution >= 4 is 29.1 Å². The highest BCUT2D eigenvalue weighted by atomic mass is 32.1. The zero-order valence-electron chi connectivity index (χ0n) is 18.3. The molecule has 1 fully saturated rings. The number of aryl methyl sites for hydroxylation is 1. The van der Waals surface area contributed by atoms with E-state index in [2.05, 4.69) is 0 Å². The van der Waals surface area contributed by atoms with E-state index in [1.165, 1.54) is 11.3 Å². The second-order valence-corrected chi connectivity index (χ2v) is 9.13. The summed E-state index contributed by atoms with van der Waals surface area (Å²) < 4.78 is 5.78. The molecule has 0 radical (unpaired) electrons. The number of amides is 3. The standard InChI is InChI=1S/C25H25N3O4S/c1-17-9-10-22(33-17)25(31)28-13-11-27(12-14-28)24(30)19-6-4-5-18(15-19)16-32-21-8-3-2-7-20(21)23(26)29/h2-10,15H,11-14,16H2,1H3,(H2,26,29). The predicted octanol–water partition coefficient (Wildman–Crippen LogP) is 3.33. The maximum absolute atomic E-state index is 13.0. The van der Waals surface area contributed by atoms with Crippen LogP contribution in [0.3, 0.4) is 0 Å². The van der Waals surface area contributed by atoms with E-state index in [4.69, 9.17) is 10.5 Å². The fraction of sp³-hybridized carbons (Fsp3) is 0.240. The van der Waals surface area contributed by atoms with Gasteiger partial charge < -0.3 is 20.3 Å². The number of nitrogens with zero attached hydrogens (tertiary/aromatic N) is 2. The number of thiophene rings is 1. The molecular formula is C25H25N3O4S. The Hall–Kier alpha value is -3.65. The number of hydrogen-bond donors (Lipinski definition) is 1. The molecule has 170 valence electrons. The summed E-state index contributed by atoms with van der Waals surface area (Å²) in [6.45, 7) is 4.17. The molecule has 2 heterocycles. The largest absolute Gasteiger partial charge is 0.488 e. The number of piperazine rings is 1. The molecule has 0 unspecified atom stereocenters. The number of carbonyl (C=O) groups excluding carboxylic acids is 3. The minimum absolute atomic E-state index is 0.0237. The molecule has 33 heavy (non-hydrogen) atoms. The van der Waals surface area contributed by atoms with Gasteiger partial charge in [-0.2, -0.15) is 0 Å². The van der Waals surface area contributed by atoms with Crippen LogP contribution >= 0.6 is 11.3 Å². The molecule has 0 bridgehead atoms. The number of ether oxygens (including phenoxy) is 1. The van der Waals surface area contributed by atoms with Crippen LogP contribution in [0.1, 0.15) is 40.8 Å². The van der Waals surface area contributed by atoms with Crippen molar-refractivity contribution < 1.29 is 19.1 Å². The summed E-state index contributed by atoms with van der Waals surface area (Å²) in [5, 5.41) is 0. The predicted molar refractivity (Wildman–Crippen MR) is 127 cm³/mol. The van der Waals surface area contributed by atoms with Crippen LogP contribution in [0.25, 0.3) is 0 Å². The van der Waals surface area contributed by atoms with Crippen LogP contribution in [0.4, 0.5) is 0 Å². The first-order valence-corrected chi connectivity index (χ1v) is 11.5. The van der Waals surface area contributed by atoms with Crippen LogP contribution in [-0.2, 0) is 6.61 Å². The highest BCUT2D eigenvalue weighted by molar-refractivity contribution is 7.13. The third kappa shape index (κ3) is 5.23. The van der Waals surface area contributed by atoms with E-state index in [1.807, 2.05) is 31.2 Å². The number of para-hydroxylation sites is 1. The van der Waals surface area contributed by atoms with Gasteiger partial charge in [0, 0.05) is 36.6 Å². The van der Waals surface area contributed by atoms with Crippen molar-refractivity contribution in [3.05, 3.63) is 87.1 Å². The van der Waals surface area contributed by atoms with Gasteiger partial charge in [-0.25, -0.2) is 0 Å². The third-order valence-corrected chi connectivity index (χ3v) is 6.51. The lowest BCUT2D eigenvalue weighted by Gasteiger charge is -2.34. The molecule has 3 amide bonds. The van der Waals surface area contributed by atoms with Crippen molar-refractivity contribution in [1.82, 2.24) is 9.80 Å². The van der Waals surface area contributed by atoms with Gasteiger partial charge in [0.2, 0.25) is 0 Å². The van der Waals surface area contributed by atoms with Crippen LogP contribution in [0.5, 0.6) is 5.75 Å². The van der Waals surface area contributed by atoms with Gasteiger partial charge in [0.1, 0.15) is 12.4 Å². The summed E-state index contributed by atoms with van der Waals surface area (Å²) in [4.78, 5) is 42.7. The molecule has 3 aromatic rings. The van der Waals surface area contributed by atoms with E-state index in [0.29, 0.717) is 43.1 Å². The van der Waals surface area contributed by atoms with Crippen molar-refractivity contribution in [3.63, 3.8) is 0 Å². The second-order valence-electron chi connectivity index (χ2n) is 7.84. The summed E-state index contributed by atoms with van der Waals surface area (Å²) in [5.74, 6) is -0.200. The molecule has 0 aliphatic carbocycles. The molecule has 2 N–H and O–H groups in total. The molecule has 1 aliphatic rings. The monoisotopic (exact) mass is 463 g/mol. The molecule has 0 atom stereocenters. The maximum Gasteiger partial charge on any atom is 0.264 e. The first-order valence-electron chi connectivity index (χ1n) is 10.7. The quantitative estimate of drug-likeness (QED) is 0.607. The SMILES string of the molecule is Cc1ccc(C(=O)N2CCN(C(=O)c3cccc(COc4ccccc4C(N)=O)c3)CC2)s1.